The molecule has 0 spiro atoms. The molecule has 99 valence electrons. The zero-order chi connectivity index (χ0) is 13.6. The lowest BCUT2D eigenvalue weighted by Gasteiger charge is -2.20. The Morgan fingerprint density at radius 1 is 0.650 bits per heavy atom. The number of benzene rings is 2. The zero-order valence-corrected chi connectivity index (χ0v) is 12.3. The van der Waals surface area contributed by atoms with E-state index in [-0.39, 0.29) is 7.92 Å². The average Bonchev–Trinajstić information content (AvgIpc) is 3.03. The molecule has 0 atom stereocenters. The van der Waals surface area contributed by atoms with Crippen LogP contribution in [-0.4, -0.2) is 6.16 Å². The maximum absolute atomic E-state index is 2.27. The largest absolute Gasteiger partial charge is 0.0622 e. The Hall–Kier alpha value is -1.13. The van der Waals surface area contributed by atoms with Gasteiger partial charge < -0.3 is 0 Å². The average molecular weight is 277 g/mol. The van der Waals surface area contributed by atoms with Crippen LogP contribution in [0, 0.1) is 31.6 Å². The SMILES string of the molecule is [CH]1[CH][CH][C](CCP(c2ccccc2)c2ccccc2)[CH]1. The molecule has 0 N–H and O–H groups in total. The van der Waals surface area contributed by atoms with Gasteiger partial charge in [0, 0.05) is 0 Å². The van der Waals surface area contributed by atoms with Gasteiger partial charge in [0.25, 0.3) is 0 Å². The molecule has 0 aliphatic heterocycles. The normalized spacial score (nSPS) is 15.8. The first-order chi connectivity index (χ1) is 9.93. The van der Waals surface area contributed by atoms with E-state index in [0.717, 1.165) is 6.42 Å². The van der Waals surface area contributed by atoms with E-state index in [9.17, 15) is 0 Å². The third-order valence-electron chi connectivity index (χ3n) is 3.49. The summed E-state index contributed by atoms with van der Waals surface area (Å²) in [6.07, 6.45) is 11.1. The molecule has 20 heavy (non-hydrogen) atoms. The lowest BCUT2D eigenvalue weighted by molar-refractivity contribution is 1.01. The van der Waals surface area contributed by atoms with Crippen molar-refractivity contribution < 1.29 is 0 Å². The lowest BCUT2D eigenvalue weighted by atomic mass is 10.1. The van der Waals surface area contributed by atoms with E-state index in [4.69, 9.17) is 0 Å². The summed E-state index contributed by atoms with van der Waals surface area (Å²) < 4.78 is 0. The first kappa shape index (κ1) is 13.8. The molecule has 0 nitrogen and oxygen atoms in total. The second kappa shape index (κ2) is 7.04. The molecule has 1 aliphatic rings. The van der Waals surface area contributed by atoms with Gasteiger partial charge in [-0.25, -0.2) is 0 Å². The molecular weight excluding hydrogens is 259 g/mol. The monoisotopic (exact) mass is 277 g/mol. The molecule has 1 saturated carbocycles. The topological polar surface area (TPSA) is 0 Å². The van der Waals surface area contributed by atoms with Gasteiger partial charge in [-0.2, -0.15) is 0 Å². The summed E-state index contributed by atoms with van der Waals surface area (Å²) in [6.45, 7) is 0. The van der Waals surface area contributed by atoms with E-state index in [0.29, 0.717) is 0 Å². The summed E-state index contributed by atoms with van der Waals surface area (Å²) in [5.41, 5.74) is 0. The summed E-state index contributed by atoms with van der Waals surface area (Å²) in [5.74, 6) is 1.45. The maximum atomic E-state index is 2.27. The highest BCUT2D eigenvalue weighted by atomic mass is 31.1. The van der Waals surface area contributed by atoms with Crippen molar-refractivity contribution in [3.63, 3.8) is 0 Å². The van der Waals surface area contributed by atoms with Gasteiger partial charge in [0.2, 0.25) is 0 Å². The standard InChI is InChI=1S/C19H18P/c1-3-11-18(12-4-1)20(19-13-5-2-6-14-19)16-15-17-9-7-8-10-17/h1-14H,15-16H2. The third-order valence-corrected chi connectivity index (χ3v) is 6.01. The van der Waals surface area contributed by atoms with E-state index < -0.39 is 0 Å². The van der Waals surface area contributed by atoms with Gasteiger partial charge in [0.1, 0.15) is 0 Å². The maximum Gasteiger partial charge on any atom is -0.0163 e. The summed E-state index contributed by atoms with van der Waals surface area (Å²) in [5, 5.41) is 2.94. The van der Waals surface area contributed by atoms with Crippen LogP contribution in [0.4, 0.5) is 0 Å². The van der Waals surface area contributed by atoms with Crippen LogP contribution >= 0.6 is 7.92 Å². The van der Waals surface area contributed by atoms with Crippen molar-refractivity contribution in [2.75, 3.05) is 6.16 Å². The van der Waals surface area contributed by atoms with Gasteiger partial charge >= 0.3 is 0 Å². The van der Waals surface area contributed by atoms with Crippen molar-refractivity contribution in [3.8, 4) is 0 Å². The number of hydrogen-bond donors (Lipinski definition) is 0. The molecule has 0 aromatic heterocycles. The van der Waals surface area contributed by atoms with Gasteiger partial charge in [-0.3, -0.25) is 0 Å². The molecule has 0 saturated heterocycles. The molecule has 1 aliphatic carbocycles. The van der Waals surface area contributed by atoms with Crippen LogP contribution in [0.25, 0.3) is 0 Å². The molecule has 0 amide bonds. The molecule has 5 radical (unpaired) electrons. The smallest absolute Gasteiger partial charge is 0.0163 e. The van der Waals surface area contributed by atoms with E-state index >= 15 is 0 Å². The fraction of sp³-hybridized carbons (Fsp3) is 0.105. The third kappa shape index (κ3) is 3.49. The van der Waals surface area contributed by atoms with E-state index in [1.807, 2.05) is 0 Å². The highest BCUT2D eigenvalue weighted by molar-refractivity contribution is 7.73. The first-order valence-corrected chi connectivity index (χ1v) is 8.54. The second-order valence-electron chi connectivity index (χ2n) is 4.87. The molecule has 0 unspecified atom stereocenters. The fourth-order valence-corrected chi connectivity index (χ4v) is 4.80. The molecule has 3 rings (SSSR count). The predicted octanol–water partition coefficient (Wildman–Crippen LogP) is 3.91. The highest BCUT2D eigenvalue weighted by Gasteiger charge is 2.20. The molecule has 0 heterocycles. The van der Waals surface area contributed by atoms with Crippen molar-refractivity contribution in [1.82, 2.24) is 0 Å². The first-order valence-electron chi connectivity index (χ1n) is 7.02. The van der Waals surface area contributed by atoms with Crippen LogP contribution in [0.15, 0.2) is 60.7 Å². The summed E-state index contributed by atoms with van der Waals surface area (Å²) in [6, 6.07) is 21.9. The highest BCUT2D eigenvalue weighted by Crippen LogP contribution is 2.38. The van der Waals surface area contributed by atoms with Crippen LogP contribution in [-0.2, 0) is 0 Å². The molecular formula is C19H18P. The van der Waals surface area contributed by atoms with Gasteiger partial charge in [0.15, 0.2) is 0 Å². The van der Waals surface area contributed by atoms with E-state index in [1.54, 1.807) is 0 Å². The summed E-state index contributed by atoms with van der Waals surface area (Å²) in [4.78, 5) is 0. The van der Waals surface area contributed by atoms with Gasteiger partial charge in [-0.1, -0.05) is 60.7 Å². The Kier molecular flexibility index (Phi) is 4.87. The van der Waals surface area contributed by atoms with Crippen molar-refractivity contribution in [3.05, 3.63) is 92.3 Å². The Labute approximate surface area is 124 Å². The Morgan fingerprint density at radius 2 is 1.15 bits per heavy atom. The predicted molar refractivity (Wildman–Crippen MR) is 89.0 cm³/mol. The van der Waals surface area contributed by atoms with Crippen LogP contribution in [0.5, 0.6) is 0 Å². The number of hydrogen-bond acceptors (Lipinski definition) is 0. The second-order valence-corrected chi connectivity index (χ2v) is 7.20. The Bertz CT molecular complexity index is 460. The Morgan fingerprint density at radius 3 is 1.65 bits per heavy atom. The molecule has 0 bridgehead atoms. The van der Waals surface area contributed by atoms with Crippen LogP contribution in [0.1, 0.15) is 6.42 Å². The van der Waals surface area contributed by atoms with Crippen molar-refractivity contribution in [2.24, 2.45) is 0 Å². The summed E-state index contributed by atoms with van der Waals surface area (Å²) in [7, 11) is -0.256. The fourth-order valence-electron chi connectivity index (χ4n) is 2.44. The Balaban J connectivity index is 1.76. The molecule has 2 aromatic carbocycles. The van der Waals surface area contributed by atoms with Crippen molar-refractivity contribution in [1.29, 1.82) is 0 Å². The van der Waals surface area contributed by atoms with Gasteiger partial charge in [0.05, 0.1) is 0 Å². The van der Waals surface area contributed by atoms with Gasteiger partial charge in [-0.15, -0.1) is 0 Å². The molecule has 1 fully saturated rings. The van der Waals surface area contributed by atoms with Crippen molar-refractivity contribution >= 4 is 18.5 Å². The minimum Gasteiger partial charge on any atom is -0.0622 e. The minimum absolute atomic E-state index is 0.256. The van der Waals surface area contributed by atoms with E-state index in [1.165, 1.54) is 22.7 Å². The lowest BCUT2D eigenvalue weighted by Crippen LogP contribution is -2.14. The molecule has 1 heteroatoms. The van der Waals surface area contributed by atoms with Crippen LogP contribution in [0.2, 0.25) is 0 Å². The minimum atomic E-state index is -0.256. The number of rotatable bonds is 5. The summed E-state index contributed by atoms with van der Waals surface area (Å²) >= 11 is 0. The van der Waals surface area contributed by atoms with Crippen LogP contribution < -0.4 is 10.6 Å². The van der Waals surface area contributed by atoms with Crippen molar-refractivity contribution in [2.45, 2.75) is 6.42 Å². The van der Waals surface area contributed by atoms with E-state index in [2.05, 4.69) is 86.3 Å². The van der Waals surface area contributed by atoms with Gasteiger partial charge in [-0.05, 0) is 62.7 Å². The van der Waals surface area contributed by atoms with Crippen LogP contribution in [0.3, 0.4) is 0 Å². The quantitative estimate of drug-likeness (QED) is 0.727. The molecule has 2 aromatic rings. The zero-order valence-electron chi connectivity index (χ0n) is 11.4.